The summed E-state index contributed by atoms with van der Waals surface area (Å²) in [4.78, 5) is 0. The third kappa shape index (κ3) is 3.90. The third-order valence-electron chi connectivity index (χ3n) is 5.17. The molecule has 5 rings (SSSR count). The van der Waals surface area contributed by atoms with Crippen LogP contribution in [-0.2, 0) is 0 Å². The molecule has 138 valence electrons. The topological polar surface area (TPSA) is 12.0 Å². The van der Waals surface area contributed by atoms with Crippen molar-refractivity contribution < 1.29 is 0 Å². The lowest BCUT2D eigenvalue weighted by Gasteiger charge is -2.09. The van der Waals surface area contributed by atoms with Crippen molar-refractivity contribution in [2.24, 2.45) is 0 Å². The van der Waals surface area contributed by atoms with Crippen LogP contribution in [0.15, 0.2) is 109 Å². The largest absolute Gasteiger partial charge is 0.355 e. The zero-order valence-corrected chi connectivity index (χ0v) is 16.0. The highest BCUT2D eigenvalue weighted by Crippen LogP contribution is 2.26. The van der Waals surface area contributed by atoms with E-state index in [2.05, 4.69) is 121 Å². The Kier molecular flexibility index (Phi) is 4.56. The first-order valence-corrected chi connectivity index (χ1v) is 9.86. The fraction of sp³-hybridized carbons (Fsp3) is 0. The number of hydrogen-bond donors (Lipinski definition) is 1. The summed E-state index contributed by atoms with van der Waals surface area (Å²) in [6.45, 7) is 0. The van der Waals surface area contributed by atoms with E-state index < -0.39 is 0 Å². The smallest absolute Gasteiger partial charge is 0.0390 e. The van der Waals surface area contributed by atoms with E-state index in [0.29, 0.717) is 0 Å². The molecular weight excluding hydrogens is 350 g/mol. The molecule has 0 heterocycles. The molecule has 0 aliphatic heterocycles. The first-order valence-electron chi connectivity index (χ1n) is 9.86. The molecule has 0 aromatic heterocycles. The van der Waals surface area contributed by atoms with Crippen LogP contribution in [0, 0.1) is 0 Å². The van der Waals surface area contributed by atoms with E-state index in [9.17, 15) is 0 Å². The lowest BCUT2D eigenvalue weighted by molar-refractivity contribution is 1.58. The second kappa shape index (κ2) is 7.65. The van der Waals surface area contributed by atoms with Gasteiger partial charge < -0.3 is 5.32 Å². The van der Waals surface area contributed by atoms with Crippen molar-refractivity contribution in [3.63, 3.8) is 0 Å². The summed E-state index contributed by atoms with van der Waals surface area (Å²) in [6.07, 6.45) is 4.31. The molecule has 0 unspecified atom stereocenters. The van der Waals surface area contributed by atoms with Gasteiger partial charge in [-0.3, -0.25) is 0 Å². The van der Waals surface area contributed by atoms with Gasteiger partial charge in [0.2, 0.25) is 0 Å². The van der Waals surface area contributed by atoms with Crippen LogP contribution in [0.2, 0.25) is 0 Å². The number of fused-ring (bicyclic) bond motifs is 2. The van der Waals surface area contributed by atoms with E-state index in [-0.39, 0.29) is 0 Å². The van der Waals surface area contributed by atoms with E-state index in [1.54, 1.807) is 0 Å². The molecule has 1 nitrogen and oxygen atoms in total. The molecule has 0 aliphatic carbocycles. The minimum atomic E-state index is 1.10. The van der Waals surface area contributed by atoms with Crippen molar-refractivity contribution in [2.75, 3.05) is 5.32 Å². The van der Waals surface area contributed by atoms with Crippen molar-refractivity contribution in [2.45, 2.75) is 0 Å². The summed E-state index contributed by atoms with van der Waals surface area (Å²) < 4.78 is 0. The number of rotatable bonds is 4. The van der Waals surface area contributed by atoms with Crippen LogP contribution < -0.4 is 5.32 Å². The minimum Gasteiger partial charge on any atom is -0.355 e. The Labute approximate surface area is 170 Å². The highest BCUT2D eigenvalue weighted by molar-refractivity contribution is 5.90. The van der Waals surface area contributed by atoms with E-state index in [4.69, 9.17) is 0 Å². The molecule has 29 heavy (non-hydrogen) atoms. The molecule has 0 amide bonds. The van der Waals surface area contributed by atoms with Gasteiger partial charge in [0.1, 0.15) is 0 Å². The molecule has 0 atom stereocenters. The highest BCUT2D eigenvalue weighted by Gasteiger charge is 2.00. The second-order valence-electron chi connectivity index (χ2n) is 7.25. The van der Waals surface area contributed by atoms with Crippen LogP contribution in [0.5, 0.6) is 0 Å². The van der Waals surface area contributed by atoms with Gasteiger partial charge in [-0.15, -0.1) is 0 Å². The Balaban J connectivity index is 1.39. The van der Waals surface area contributed by atoms with Crippen LogP contribution >= 0.6 is 0 Å². The fourth-order valence-electron chi connectivity index (χ4n) is 3.64. The van der Waals surface area contributed by atoms with Gasteiger partial charge in [-0.1, -0.05) is 91.0 Å². The molecule has 0 aliphatic rings. The molecule has 0 saturated heterocycles. The van der Waals surface area contributed by atoms with Gasteiger partial charge in [0.25, 0.3) is 0 Å². The van der Waals surface area contributed by atoms with Gasteiger partial charge in [-0.2, -0.15) is 0 Å². The quantitative estimate of drug-likeness (QED) is 0.316. The normalized spacial score (nSPS) is 11.3. The minimum absolute atomic E-state index is 1.10. The van der Waals surface area contributed by atoms with E-state index in [1.165, 1.54) is 32.7 Å². The average Bonchev–Trinajstić information content (AvgIpc) is 2.78. The number of hydrogen-bond acceptors (Lipinski definition) is 1. The molecule has 1 heteroatoms. The zero-order valence-electron chi connectivity index (χ0n) is 16.0. The highest BCUT2D eigenvalue weighted by atomic mass is 14.9. The summed E-state index contributed by atoms with van der Waals surface area (Å²) in [7, 11) is 0. The fourth-order valence-corrected chi connectivity index (χ4v) is 3.64. The van der Waals surface area contributed by atoms with Crippen molar-refractivity contribution in [1.82, 2.24) is 0 Å². The SMILES string of the molecule is C(=Cc1ccc2cc(Nc3ccc4ccccc4c3)ccc2c1)c1ccccc1. The van der Waals surface area contributed by atoms with Gasteiger partial charge in [0, 0.05) is 11.4 Å². The predicted octanol–water partition coefficient (Wildman–Crippen LogP) is 7.91. The van der Waals surface area contributed by atoms with Gasteiger partial charge in [0.05, 0.1) is 0 Å². The molecule has 1 N–H and O–H groups in total. The first kappa shape index (κ1) is 17.3. The maximum absolute atomic E-state index is 3.54. The van der Waals surface area contributed by atoms with Crippen molar-refractivity contribution in [3.8, 4) is 0 Å². The van der Waals surface area contributed by atoms with Crippen LogP contribution in [0.3, 0.4) is 0 Å². The first-order chi connectivity index (χ1) is 14.3. The summed E-state index contributed by atoms with van der Waals surface area (Å²) >= 11 is 0. The monoisotopic (exact) mass is 371 g/mol. The van der Waals surface area contributed by atoms with Crippen LogP contribution in [0.25, 0.3) is 33.7 Å². The van der Waals surface area contributed by atoms with Gasteiger partial charge >= 0.3 is 0 Å². The molecule has 0 radical (unpaired) electrons. The molecule has 0 spiro atoms. The number of anilines is 2. The average molecular weight is 371 g/mol. The Hall–Kier alpha value is -3.84. The zero-order chi connectivity index (χ0) is 19.5. The molecule has 0 saturated carbocycles. The van der Waals surface area contributed by atoms with E-state index >= 15 is 0 Å². The van der Waals surface area contributed by atoms with Crippen LogP contribution in [0.1, 0.15) is 11.1 Å². The molecule has 0 bridgehead atoms. The summed E-state index contributed by atoms with van der Waals surface area (Å²) in [6, 6.07) is 38.4. The van der Waals surface area contributed by atoms with Crippen molar-refractivity contribution in [3.05, 3.63) is 120 Å². The molecular formula is C28H21N. The Morgan fingerprint density at radius 1 is 0.414 bits per heavy atom. The maximum atomic E-state index is 3.54. The molecule has 5 aromatic rings. The van der Waals surface area contributed by atoms with Crippen LogP contribution in [-0.4, -0.2) is 0 Å². The number of nitrogens with one attached hydrogen (secondary N) is 1. The van der Waals surface area contributed by atoms with Crippen LogP contribution in [0.4, 0.5) is 11.4 Å². The lowest BCUT2D eigenvalue weighted by atomic mass is 10.0. The van der Waals surface area contributed by atoms with Gasteiger partial charge in [-0.25, -0.2) is 0 Å². The van der Waals surface area contributed by atoms with E-state index in [1.807, 2.05) is 6.07 Å². The predicted molar refractivity (Wildman–Crippen MR) is 127 cm³/mol. The van der Waals surface area contributed by atoms with Gasteiger partial charge in [-0.05, 0) is 63.0 Å². The Morgan fingerprint density at radius 2 is 0.966 bits per heavy atom. The number of benzene rings is 5. The van der Waals surface area contributed by atoms with Gasteiger partial charge in [0.15, 0.2) is 0 Å². The van der Waals surface area contributed by atoms with E-state index in [0.717, 1.165) is 11.4 Å². The molecule has 5 aromatic carbocycles. The molecule has 0 fully saturated rings. The van der Waals surface area contributed by atoms with Crippen molar-refractivity contribution in [1.29, 1.82) is 0 Å². The Bertz CT molecular complexity index is 1320. The summed E-state index contributed by atoms with van der Waals surface area (Å²) in [5.41, 5.74) is 4.62. The summed E-state index contributed by atoms with van der Waals surface area (Å²) in [5, 5.41) is 8.51. The maximum Gasteiger partial charge on any atom is 0.0390 e. The standard InChI is InChI=1S/C28H21N/c1-2-6-21(7-3-1)10-11-22-12-13-26-20-28(17-15-25(26)18-22)29-27-16-14-23-8-4-5-9-24(23)19-27/h1-20,29H. The summed E-state index contributed by atoms with van der Waals surface area (Å²) in [5.74, 6) is 0. The second-order valence-corrected chi connectivity index (χ2v) is 7.25. The lowest BCUT2D eigenvalue weighted by Crippen LogP contribution is -1.90. The Morgan fingerprint density at radius 3 is 1.76 bits per heavy atom. The third-order valence-corrected chi connectivity index (χ3v) is 5.17. The van der Waals surface area contributed by atoms with Crippen molar-refractivity contribution >= 4 is 45.1 Å².